The first-order valence-corrected chi connectivity index (χ1v) is 12.7. The summed E-state index contributed by atoms with van der Waals surface area (Å²) in [4.78, 5) is 15.2. The molecule has 2 aromatic heterocycles. The highest BCUT2D eigenvalue weighted by Crippen LogP contribution is 2.25. The third-order valence-electron chi connectivity index (χ3n) is 7.35. The van der Waals surface area contributed by atoms with Crippen LogP contribution in [0.15, 0.2) is 59.1 Å². The molecule has 1 saturated heterocycles. The van der Waals surface area contributed by atoms with Gasteiger partial charge in [-0.05, 0) is 81.4 Å². The van der Waals surface area contributed by atoms with Crippen LogP contribution in [0.5, 0.6) is 0 Å². The van der Waals surface area contributed by atoms with E-state index in [2.05, 4.69) is 50.3 Å². The fourth-order valence-corrected chi connectivity index (χ4v) is 5.25. The van der Waals surface area contributed by atoms with Crippen LogP contribution in [0, 0.1) is 25.6 Å². The maximum atomic E-state index is 13.4. The zero-order valence-electron chi connectivity index (χ0n) is 21.0. The SMILES string of the molecule is Cc1noc(C)c1CCNC(=O)C1CCN(Cc2cc3ccccc3n2Cc2ccc(F)cc2)CC1. The van der Waals surface area contributed by atoms with E-state index in [1.165, 1.54) is 28.7 Å². The molecule has 6 nitrogen and oxygen atoms in total. The van der Waals surface area contributed by atoms with Crippen LogP contribution in [0.4, 0.5) is 4.39 Å². The van der Waals surface area contributed by atoms with Gasteiger partial charge in [0.2, 0.25) is 5.91 Å². The van der Waals surface area contributed by atoms with Crippen molar-refractivity contribution in [3.05, 3.63) is 88.7 Å². The minimum Gasteiger partial charge on any atom is -0.361 e. The van der Waals surface area contributed by atoms with E-state index in [9.17, 15) is 9.18 Å². The van der Waals surface area contributed by atoms with E-state index in [1.807, 2.05) is 26.0 Å². The van der Waals surface area contributed by atoms with Gasteiger partial charge in [0.25, 0.3) is 0 Å². The van der Waals surface area contributed by atoms with Gasteiger partial charge in [0.05, 0.1) is 5.69 Å². The van der Waals surface area contributed by atoms with E-state index in [0.29, 0.717) is 13.1 Å². The highest BCUT2D eigenvalue weighted by atomic mass is 19.1. The summed E-state index contributed by atoms with van der Waals surface area (Å²) in [6.45, 7) is 7.75. The van der Waals surface area contributed by atoms with Gasteiger partial charge < -0.3 is 14.4 Å². The molecule has 7 heteroatoms. The molecule has 3 heterocycles. The summed E-state index contributed by atoms with van der Waals surface area (Å²) >= 11 is 0. The van der Waals surface area contributed by atoms with E-state index in [0.717, 1.165) is 61.5 Å². The molecule has 1 amide bonds. The van der Waals surface area contributed by atoms with Crippen molar-refractivity contribution in [2.45, 2.75) is 46.2 Å². The molecule has 5 rings (SSSR count). The second-order valence-electron chi connectivity index (χ2n) is 9.80. The Morgan fingerprint density at radius 1 is 1.08 bits per heavy atom. The number of nitrogens with zero attached hydrogens (tertiary/aromatic N) is 3. The van der Waals surface area contributed by atoms with Crippen molar-refractivity contribution in [1.29, 1.82) is 0 Å². The Labute approximate surface area is 211 Å². The number of benzene rings is 2. The molecule has 0 bridgehead atoms. The predicted octanol–water partition coefficient (Wildman–Crippen LogP) is 5.00. The lowest BCUT2D eigenvalue weighted by Crippen LogP contribution is -2.41. The standard InChI is InChI=1S/C29H33FN4O2/c1-20-27(21(2)36-32-20)11-14-31-29(35)23-12-15-33(16-13-23)19-26-17-24-5-3-4-6-28(24)34(26)18-22-7-9-25(30)10-8-22/h3-10,17,23H,11-16,18-19H2,1-2H3,(H,31,35). The normalized spacial score (nSPS) is 15.0. The average Bonchev–Trinajstić information content (AvgIpc) is 3.39. The number of aromatic nitrogens is 2. The van der Waals surface area contributed by atoms with Crippen LogP contribution in [0.25, 0.3) is 10.9 Å². The molecule has 0 spiro atoms. The van der Waals surface area contributed by atoms with Crippen molar-refractivity contribution in [3.8, 4) is 0 Å². The quantitative estimate of drug-likeness (QED) is 0.379. The average molecular weight is 489 g/mol. The maximum absolute atomic E-state index is 13.4. The van der Waals surface area contributed by atoms with E-state index in [1.54, 1.807) is 0 Å². The molecule has 0 atom stereocenters. The van der Waals surface area contributed by atoms with Crippen molar-refractivity contribution in [3.63, 3.8) is 0 Å². The van der Waals surface area contributed by atoms with E-state index < -0.39 is 0 Å². The highest BCUT2D eigenvalue weighted by molar-refractivity contribution is 5.81. The zero-order valence-corrected chi connectivity index (χ0v) is 21.0. The first-order chi connectivity index (χ1) is 17.5. The number of rotatable bonds is 8. The number of aryl methyl sites for hydroxylation is 2. The summed E-state index contributed by atoms with van der Waals surface area (Å²) < 4.78 is 21.0. The zero-order chi connectivity index (χ0) is 25.1. The molecule has 1 aliphatic heterocycles. The summed E-state index contributed by atoms with van der Waals surface area (Å²) in [7, 11) is 0. The molecule has 36 heavy (non-hydrogen) atoms. The molecule has 0 aliphatic carbocycles. The van der Waals surface area contributed by atoms with Gasteiger partial charge in [-0.2, -0.15) is 0 Å². The van der Waals surface area contributed by atoms with Gasteiger partial charge in [-0.15, -0.1) is 0 Å². The first-order valence-electron chi connectivity index (χ1n) is 12.7. The first kappa shape index (κ1) is 24.3. The van der Waals surface area contributed by atoms with E-state index in [-0.39, 0.29) is 17.6 Å². The molecule has 0 radical (unpaired) electrons. The van der Waals surface area contributed by atoms with Gasteiger partial charge in [0, 0.05) is 42.3 Å². The Kier molecular flexibility index (Phi) is 7.18. The maximum Gasteiger partial charge on any atom is 0.223 e. The third kappa shape index (κ3) is 5.36. The lowest BCUT2D eigenvalue weighted by molar-refractivity contribution is -0.126. The molecule has 0 saturated carbocycles. The second kappa shape index (κ2) is 10.7. The van der Waals surface area contributed by atoms with Crippen molar-refractivity contribution in [1.82, 2.24) is 19.9 Å². The van der Waals surface area contributed by atoms with Crippen LogP contribution >= 0.6 is 0 Å². The largest absolute Gasteiger partial charge is 0.361 e. The summed E-state index contributed by atoms with van der Waals surface area (Å²) in [5, 5.41) is 8.30. The van der Waals surface area contributed by atoms with Crippen molar-refractivity contribution >= 4 is 16.8 Å². The van der Waals surface area contributed by atoms with Crippen LogP contribution in [-0.2, 0) is 24.3 Å². The molecule has 188 valence electrons. The molecular formula is C29H33FN4O2. The Bertz CT molecular complexity index is 1310. The van der Waals surface area contributed by atoms with Crippen molar-refractivity contribution in [2.75, 3.05) is 19.6 Å². The van der Waals surface area contributed by atoms with Crippen LogP contribution in [0.1, 0.15) is 41.1 Å². The molecular weight excluding hydrogens is 455 g/mol. The topological polar surface area (TPSA) is 63.3 Å². The number of amides is 1. The number of carbonyl (C=O) groups excluding carboxylic acids is 1. The van der Waals surface area contributed by atoms with Crippen LogP contribution < -0.4 is 5.32 Å². The molecule has 4 aromatic rings. The minimum atomic E-state index is -0.216. The number of piperidine rings is 1. The van der Waals surface area contributed by atoms with Crippen LogP contribution in [0.2, 0.25) is 0 Å². The molecule has 1 fully saturated rings. The van der Waals surface area contributed by atoms with Crippen molar-refractivity contribution in [2.24, 2.45) is 5.92 Å². The summed E-state index contributed by atoms with van der Waals surface area (Å²) in [6, 6.07) is 17.4. The minimum absolute atomic E-state index is 0.0518. The van der Waals surface area contributed by atoms with Crippen LogP contribution in [-0.4, -0.2) is 40.2 Å². The van der Waals surface area contributed by atoms with Gasteiger partial charge in [0.1, 0.15) is 11.6 Å². The number of carbonyl (C=O) groups is 1. The number of para-hydroxylation sites is 1. The molecule has 0 unspecified atom stereocenters. The fraction of sp³-hybridized carbons (Fsp3) is 0.379. The monoisotopic (exact) mass is 488 g/mol. The van der Waals surface area contributed by atoms with E-state index in [4.69, 9.17) is 4.52 Å². The smallest absolute Gasteiger partial charge is 0.223 e. The number of nitrogens with one attached hydrogen (secondary N) is 1. The second-order valence-corrected chi connectivity index (χ2v) is 9.80. The van der Waals surface area contributed by atoms with Gasteiger partial charge >= 0.3 is 0 Å². The van der Waals surface area contributed by atoms with E-state index >= 15 is 0 Å². The van der Waals surface area contributed by atoms with Gasteiger partial charge in [-0.3, -0.25) is 9.69 Å². The van der Waals surface area contributed by atoms with Crippen LogP contribution in [0.3, 0.4) is 0 Å². The summed E-state index contributed by atoms with van der Waals surface area (Å²) in [6.07, 6.45) is 2.45. The Morgan fingerprint density at radius 3 is 2.56 bits per heavy atom. The lowest BCUT2D eigenvalue weighted by Gasteiger charge is -2.31. The molecule has 1 N–H and O–H groups in total. The number of hydrogen-bond acceptors (Lipinski definition) is 4. The van der Waals surface area contributed by atoms with Gasteiger partial charge in [-0.1, -0.05) is 35.5 Å². The third-order valence-corrected chi connectivity index (χ3v) is 7.35. The molecule has 2 aromatic carbocycles. The highest BCUT2D eigenvalue weighted by Gasteiger charge is 2.25. The Hall–Kier alpha value is -3.45. The summed E-state index contributed by atoms with van der Waals surface area (Å²) in [5.74, 6) is 0.807. The van der Waals surface area contributed by atoms with Gasteiger partial charge in [-0.25, -0.2) is 4.39 Å². The predicted molar refractivity (Wildman–Crippen MR) is 138 cm³/mol. The fourth-order valence-electron chi connectivity index (χ4n) is 5.25. The lowest BCUT2D eigenvalue weighted by atomic mass is 9.95. The van der Waals surface area contributed by atoms with Gasteiger partial charge in [0.15, 0.2) is 0 Å². The number of fused-ring (bicyclic) bond motifs is 1. The van der Waals surface area contributed by atoms with Crippen molar-refractivity contribution < 1.29 is 13.7 Å². The number of halogens is 1. The number of hydrogen-bond donors (Lipinski definition) is 1. The Morgan fingerprint density at radius 2 is 1.83 bits per heavy atom. The summed E-state index contributed by atoms with van der Waals surface area (Å²) in [5.41, 5.74) is 5.48. The molecule has 1 aliphatic rings. The number of likely N-dealkylation sites (tertiary alicyclic amines) is 1. The Balaban J connectivity index is 1.18.